The molecule has 0 saturated heterocycles. The van der Waals surface area contributed by atoms with Gasteiger partial charge in [-0.05, 0) is 47.9 Å². The van der Waals surface area contributed by atoms with Crippen LogP contribution in [0.4, 0.5) is 0 Å². The van der Waals surface area contributed by atoms with Crippen LogP contribution in [0.1, 0.15) is 31.0 Å². The minimum atomic E-state index is -1.59. The molecule has 2 aromatic carbocycles. The molecule has 0 N–H and O–H groups in total. The first-order valence-electron chi connectivity index (χ1n) is 10.9. The molecule has 0 bridgehead atoms. The van der Waals surface area contributed by atoms with Crippen LogP contribution < -0.4 is 9.75 Å². The van der Waals surface area contributed by atoms with Crippen molar-refractivity contribution in [3.8, 4) is 0 Å². The van der Waals surface area contributed by atoms with Gasteiger partial charge >= 0.3 is 0 Å². The molecule has 3 heterocycles. The van der Waals surface area contributed by atoms with Crippen LogP contribution in [0.3, 0.4) is 0 Å². The van der Waals surface area contributed by atoms with Crippen LogP contribution in [0.15, 0.2) is 48.5 Å². The first kappa shape index (κ1) is 19.3. The Bertz CT molecular complexity index is 1470. The molecule has 0 aliphatic heterocycles. The molecule has 0 aliphatic rings. The molecule has 5 aromatic rings. The molecule has 0 unspecified atom stereocenters. The van der Waals surface area contributed by atoms with E-state index < -0.39 is 8.07 Å². The quantitative estimate of drug-likeness (QED) is 0.210. The van der Waals surface area contributed by atoms with Gasteiger partial charge in [-0.3, -0.25) is 4.98 Å². The maximum Gasteiger partial charge on any atom is 0.297 e. The van der Waals surface area contributed by atoms with Crippen LogP contribution in [-0.2, 0) is 7.05 Å². The molecule has 0 fully saturated rings. The number of rotatable bonds is 2. The predicted molar refractivity (Wildman–Crippen MR) is 131 cm³/mol. The van der Waals surface area contributed by atoms with E-state index in [-0.39, 0.29) is 0 Å². The van der Waals surface area contributed by atoms with Crippen molar-refractivity contribution in [3.05, 3.63) is 59.8 Å². The zero-order valence-corrected chi connectivity index (χ0v) is 20.0. The normalized spacial score (nSPS) is 12.8. The van der Waals surface area contributed by atoms with Gasteiger partial charge in [-0.25, -0.2) is 4.57 Å². The molecule has 0 radical (unpaired) electrons. The highest BCUT2D eigenvalue weighted by Gasteiger charge is 2.29. The van der Waals surface area contributed by atoms with Crippen LogP contribution in [0.5, 0.6) is 0 Å². The van der Waals surface area contributed by atoms with E-state index in [2.05, 4.69) is 105 Å². The van der Waals surface area contributed by atoms with Crippen molar-refractivity contribution in [2.75, 3.05) is 0 Å². The minimum Gasteiger partial charge on any atom is -0.251 e. The lowest BCUT2D eigenvalue weighted by Crippen LogP contribution is -2.38. The number of aromatic nitrogens is 3. The Morgan fingerprint density at radius 3 is 2.33 bits per heavy atom. The summed E-state index contributed by atoms with van der Waals surface area (Å²) in [5.41, 5.74) is 8.64. The minimum absolute atomic E-state index is 0.401. The van der Waals surface area contributed by atoms with Crippen molar-refractivity contribution >= 4 is 51.7 Å². The number of hydrogen-bond donors (Lipinski definition) is 0. The lowest BCUT2D eigenvalue weighted by atomic mass is 10.0. The Morgan fingerprint density at radius 2 is 1.63 bits per heavy atom. The zero-order chi connectivity index (χ0) is 21.4. The molecule has 3 nitrogen and oxygen atoms in total. The van der Waals surface area contributed by atoms with Gasteiger partial charge in [-0.1, -0.05) is 57.8 Å². The van der Waals surface area contributed by atoms with E-state index >= 15 is 0 Å². The summed E-state index contributed by atoms with van der Waals surface area (Å²) in [4.78, 5) is 5.29. The van der Waals surface area contributed by atoms with E-state index in [9.17, 15) is 0 Å². The van der Waals surface area contributed by atoms with Crippen molar-refractivity contribution in [1.29, 1.82) is 0 Å². The molecule has 4 heteroatoms. The van der Waals surface area contributed by atoms with E-state index in [0.29, 0.717) is 5.92 Å². The number of fused-ring (bicyclic) bond motifs is 8. The molecule has 0 spiro atoms. The smallest absolute Gasteiger partial charge is 0.251 e. The van der Waals surface area contributed by atoms with Gasteiger partial charge in [0.05, 0.1) is 26.0 Å². The van der Waals surface area contributed by atoms with Gasteiger partial charge in [0.2, 0.25) is 0 Å². The fourth-order valence-corrected chi connectivity index (χ4v) is 6.49. The summed E-state index contributed by atoms with van der Waals surface area (Å²) in [6, 6.07) is 17.8. The summed E-state index contributed by atoms with van der Waals surface area (Å²) < 4.78 is 4.79. The maximum absolute atomic E-state index is 5.29. The molecule has 152 valence electrons. The highest BCUT2D eigenvalue weighted by atomic mass is 28.3. The van der Waals surface area contributed by atoms with Crippen molar-refractivity contribution in [2.24, 2.45) is 7.05 Å². The fourth-order valence-electron chi connectivity index (χ4n) is 4.90. The van der Waals surface area contributed by atoms with E-state index in [0.717, 1.165) is 5.52 Å². The third kappa shape index (κ3) is 2.56. The van der Waals surface area contributed by atoms with Gasteiger partial charge in [0.1, 0.15) is 5.52 Å². The molecule has 0 aliphatic carbocycles. The third-order valence-electron chi connectivity index (χ3n) is 6.39. The van der Waals surface area contributed by atoms with Crippen LogP contribution in [-0.4, -0.2) is 17.5 Å². The number of aryl methyl sites for hydroxylation is 2. The molecule has 0 atom stereocenters. The Kier molecular flexibility index (Phi) is 4.10. The Morgan fingerprint density at radius 1 is 0.933 bits per heavy atom. The van der Waals surface area contributed by atoms with Crippen molar-refractivity contribution < 1.29 is 4.57 Å². The summed E-state index contributed by atoms with van der Waals surface area (Å²) >= 11 is 0. The summed E-state index contributed by atoms with van der Waals surface area (Å²) in [5.74, 6) is 0.401. The monoisotopic (exact) mass is 412 g/mol. The number of nitrogens with zero attached hydrogens (tertiary/aromatic N) is 3. The molecule has 3 aromatic heterocycles. The predicted octanol–water partition coefficient (Wildman–Crippen LogP) is 5.60. The topological polar surface area (TPSA) is 21.2 Å². The van der Waals surface area contributed by atoms with Gasteiger partial charge in [0, 0.05) is 11.1 Å². The lowest BCUT2D eigenvalue weighted by Gasteiger charge is -2.20. The molecule has 0 amide bonds. The first-order chi connectivity index (χ1) is 14.2. The highest BCUT2D eigenvalue weighted by molar-refractivity contribution is 6.90. The standard InChI is InChI=1S/C26H30N3Si/c1-16(2)18-15-17(3)23-25(27-18)24-21(13-10-14-22(24)30(5,6)7)29-20-12-9-8-11-19(20)28(4)26(23)29/h8-16H,1-7H3/q+1. The van der Waals surface area contributed by atoms with Crippen molar-refractivity contribution in [2.45, 2.75) is 46.3 Å². The van der Waals surface area contributed by atoms with E-state index in [4.69, 9.17) is 4.98 Å². The molecular weight excluding hydrogens is 382 g/mol. The maximum atomic E-state index is 5.29. The average Bonchev–Trinajstić information content (AvgIpc) is 2.99. The Balaban J connectivity index is 2.21. The van der Waals surface area contributed by atoms with Crippen LogP contribution in [0.25, 0.3) is 38.5 Å². The highest BCUT2D eigenvalue weighted by Crippen LogP contribution is 2.33. The van der Waals surface area contributed by atoms with Gasteiger partial charge < -0.3 is 0 Å². The van der Waals surface area contributed by atoms with Gasteiger partial charge in [-0.2, -0.15) is 4.40 Å². The number of imidazole rings is 1. The van der Waals surface area contributed by atoms with Gasteiger partial charge in [-0.15, -0.1) is 0 Å². The second-order valence-electron chi connectivity index (χ2n) is 9.90. The summed E-state index contributed by atoms with van der Waals surface area (Å²) in [6.07, 6.45) is 0. The molecule has 30 heavy (non-hydrogen) atoms. The van der Waals surface area contributed by atoms with Crippen LogP contribution in [0, 0.1) is 6.92 Å². The van der Waals surface area contributed by atoms with Crippen molar-refractivity contribution in [1.82, 2.24) is 9.38 Å². The van der Waals surface area contributed by atoms with Crippen LogP contribution >= 0.6 is 0 Å². The Hall–Kier alpha value is -2.72. The lowest BCUT2D eigenvalue weighted by molar-refractivity contribution is -0.617. The number of hydrogen-bond acceptors (Lipinski definition) is 1. The molecule has 5 rings (SSSR count). The van der Waals surface area contributed by atoms with E-state index in [1.54, 1.807) is 0 Å². The second kappa shape index (κ2) is 6.39. The van der Waals surface area contributed by atoms with Crippen molar-refractivity contribution in [3.63, 3.8) is 0 Å². The number of pyridine rings is 2. The SMILES string of the molecule is Cc1cc(C(C)C)nc2c3c([Si](C)(C)C)cccc3n3c4ccccc4[n+](C)c3c12. The molecule has 0 saturated carbocycles. The summed E-state index contributed by atoms with van der Waals surface area (Å²) in [5, 5.41) is 4.10. The van der Waals surface area contributed by atoms with Crippen LogP contribution in [0.2, 0.25) is 19.6 Å². The second-order valence-corrected chi connectivity index (χ2v) is 14.9. The summed E-state index contributed by atoms with van der Waals surface area (Å²) in [6.45, 7) is 14.0. The first-order valence-corrected chi connectivity index (χ1v) is 14.4. The fraction of sp³-hybridized carbons (Fsp3) is 0.308. The van der Waals surface area contributed by atoms with E-state index in [1.807, 2.05) is 0 Å². The number of para-hydroxylation sites is 2. The zero-order valence-electron chi connectivity index (χ0n) is 19.0. The van der Waals surface area contributed by atoms with Gasteiger partial charge in [0.15, 0.2) is 11.0 Å². The summed E-state index contributed by atoms with van der Waals surface area (Å²) in [7, 11) is 0.597. The molecular formula is C26H30N3Si+. The largest absolute Gasteiger partial charge is 0.297 e. The Labute approximate surface area is 179 Å². The average molecular weight is 413 g/mol. The third-order valence-corrected chi connectivity index (χ3v) is 8.43. The van der Waals surface area contributed by atoms with Gasteiger partial charge in [0.25, 0.3) is 5.65 Å². The number of benzene rings is 2. The van der Waals surface area contributed by atoms with E-state index in [1.165, 1.54) is 49.4 Å².